The van der Waals surface area contributed by atoms with Crippen LogP contribution in [-0.2, 0) is 22.4 Å². The summed E-state index contributed by atoms with van der Waals surface area (Å²) in [7, 11) is 0. The lowest BCUT2D eigenvalue weighted by Crippen LogP contribution is -2.42. The van der Waals surface area contributed by atoms with Gasteiger partial charge >= 0.3 is 11.8 Å². The van der Waals surface area contributed by atoms with Crippen molar-refractivity contribution in [2.75, 3.05) is 31.6 Å². The first-order chi connectivity index (χ1) is 10.6. The molecular weight excluding hydrogens is 284 g/mol. The van der Waals surface area contributed by atoms with Gasteiger partial charge in [-0.1, -0.05) is 32.0 Å². The van der Waals surface area contributed by atoms with Gasteiger partial charge in [0.05, 0.1) is 13.2 Å². The first kappa shape index (κ1) is 18.1. The maximum absolute atomic E-state index is 12.2. The van der Waals surface area contributed by atoms with Crippen molar-refractivity contribution in [1.29, 1.82) is 0 Å². The molecule has 122 valence electrons. The molecule has 0 saturated heterocycles. The molecule has 0 aliphatic rings. The average molecular weight is 308 g/mol. The van der Waals surface area contributed by atoms with E-state index in [1.807, 2.05) is 32.0 Å². The van der Waals surface area contributed by atoms with Gasteiger partial charge in [-0.3, -0.25) is 9.59 Å². The number of carbonyl (C=O) groups excluding carboxylic acids is 2. The fourth-order valence-corrected chi connectivity index (χ4v) is 2.27. The molecule has 0 aliphatic heterocycles. The third kappa shape index (κ3) is 4.54. The third-order valence-electron chi connectivity index (χ3n) is 3.46. The van der Waals surface area contributed by atoms with Crippen molar-refractivity contribution >= 4 is 17.5 Å². The number of aryl methyl sites for hydroxylation is 2. The largest absolute Gasteiger partial charge is 0.395 e. The van der Waals surface area contributed by atoms with Crippen LogP contribution in [-0.4, -0.2) is 53.2 Å². The molecule has 0 fully saturated rings. The van der Waals surface area contributed by atoms with E-state index >= 15 is 0 Å². The minimum absolute atomic E-state index is 0.0167. The highest BCUT2D eigenvalue weighted by Crippen LogP contribution is 2.22. The Bertz CT molecular complexity index is 489. The predicted molar refractivity (Wildman–Crippen MR) is 84.6 cm³/mol. The Kier molecular flexibility index (Phi) is 7.56. The van der Waals surface area contributed by atoms with Crippen molar-refractivity contribution < 1.29 is 19.8 Å². The van der Waals surface area contributed by atoms with Crippen LogP contribution in [0, 0.1) is 0 Å². The zero-order valence-corrected chi connectivity index (χ0v) is 13.1. The van der Waals surface area contributed by atoms with E-state index in [9.17, 15) is 9.59 Å². The van der Waals surface area contributed by atoms with Crippen LogP contribution in [0.4, 0.5) is 5.69 Å². The van der Waals surface area contributed by atoms with E-state index in [4.69, 9.17) is 10.2 Å². The van der Waals surface area contributed by atoms with E-state index in [2.05, 4.69) is 5.32 Å². The summed E-state index contributed by atoms with van der Waals surface area (Å²) in [4.78, 5) is 25.4. The molecule has 0 radical (unpaired) electrons. The zero-order chi connectivity index (χ0) is 16.5. The number of aliphatic hydroxyl groups excluding tert-OH is 2. The van der Waals surface area contributed by atoms with Gasteiger partial charge in [0.15, 0.2) is 0 Å². The number of nitrogens with one attached hydrogen (secondary N) is 1. The van der Waals surface area contributed by atoms with Gasteiger partial charge in [0.1, 0.15) is 0 Å². The summed E-state index contributed by atoms with van der Waals surface area (Å²) >= 11 is 0. The Morgan fingerprint density at radius 1 is 1.05 bits per heavy atom. The number of amides is 2. The van der Waals surface area contributed by atoms with Crippen LogP contribution in [0.3, 0.4) is 0 Å². The Morgan fingerprint density at radius 3 is 1.95 bits per heavy atom. The number of anilines is 1. The van der Waals surface area contributed by atoms with Gasteiger partial charge in [0.2, 0.25) is 0 Å². The number of hydrogen-bond acceptors (Lipinski definition) is 4. The number of benzene rings is 1. The van der Waals surface area contributed by atoms with Crippen molar-refractivity contribution in [3.8, 4) is 0 Å². The highest BCUT2D eigenvalue weighted by molar-refractivity contribution is 6.39. The van der Waals surface area contributed by atoms with Crippen LogP contribution in [0.15, 0.2) is 18.2 Å². The van der Waals surface area contributed by atoms with E-state index in [0.717, 1.165) is 28.9 Å². The minimum Gasteiger partial charge on any atom is -0.395 e. The molecule has 1 aromatic carbocycles. The van der Waals surface area contributed by atoms with E-state index in [-0.39, 0.29) is 26.3 Å². The van der Waals surface area contributed by atoms with Crippen molar-refractivity contribution in [3.05, 3.63) is 29.3 Å². The van der Waals surface area contributed by atoms with Crippen LogP contribution in [0.2, 0.25) is 0 Å². The number of rotatable bonds is 7. The smallest absolute Gasteiger partial charge is 0.313 e. The van der Waals surface area contributed by atoms with E-state index in [0.29, 0.717) is 5.69 Å². The molecule has 0 atom stereocenters. The minimum atomic E-state index is -0.754. The summed E-state index contributed by atoms with van der Waals surface area (Å²) in [6, 6.07) is 5.76. The fourth-order valence-electron chi connectivity index (χ4n) is 2.27. The highest BCUT2D eigenvalue weighted by Gasteiger charge is 2.22. The second kappa shape index (κ2) is 9.17. The Balaban J connectivity index is 2.94. The first-order valence-corrected chi connectivity index (χ1v) is 7.51. The highest BCUT2D eigenvalue weighted by atomic mass is 16.3. The molecule has 0 bridgehead atoms. The average Bonchev–Trinajstić information content (AvgIpc) is 2.54. The molecule has 1 aromatic rings. The van der Waals surface area contributed by atoms with E-state index in [1.54, 1.807) is 0 Å². The number of hydrogen-bond donors (Lipinski definition) is 3. The van der Waals surface area contributed by atoms with Gasteiger partial charge in [-0.15, -0.1) is 0 Å². The van der Waals surface area contributed by atoms with Crippen molar-refractivity contribution in [3.63, 3.8) is 0 Å². The normalized spacial score (nSPS) is 10.4. The maximum atomic E-state index is 12.2. The second-order valence-electron chi connectivity index (χ2n) is 4.85. The van der Waals surface area contributed by atoms with E-state index in [1.165, 1.54) is 0 Å². The monoisotopic (exact) mass is 308 g/mol. The fraction of sp³-hybridized carbons (Fsp3) is 0.500. The summed E-state index contributed by atoms with van der Waals surface area (Å²) in [6.07, 6.45) is 1.49. The lowest BCUT2D eigenvalue weighted by atomic mass is 10.0. The molecule has 3 N–H and O–H groups in total. The number of nitrogens with zero attached hydrogens (tertiary/aromatic N) is 1. The first-order valence-electron chi connectivity index (χ1n) is 7.51. The summed E-state index contributed by atoms with van der Waals surface area (Å²) < 4.78 is 0. The summed E-state index contributed by atoms with van der Waals surface area (Å²) in [5.74, 6) is -1.51. The van der Waals surface area contributed by atoms with Crippen LogP contribution >= 0.6 is 0 Å². The van der Waals surface area contributed by atoms with Crippen molar-refractivity contribution in [2.24, 2.45) is 0 Å². The molecule has 22 heavy (non-hydrogen) atoms. The molecular formula is C16H24N2O4. The van der Waals surface area contributed by atoms with Gasteiger partial charge in [-0.2, -0.15) is 0 Å². The lowest BCUT2D eigenvalue weighted by Gasteiger charge is -2.21. The van der Waals surface area contributed by atoms with Gasteiger partial charge in [-0.05, 0) is 24.0 Å². The van der Waals surface area contributed by atoms with Gasteiger partial charge < -0.3 is 20.4 Å². The van der Waals surface area contributed by atoms with E-state index < -0.39 is 11.8 Å². The molecule has 0 aliphatic carbocycles. The van der Waals surface area contributed by atoms with Gasteiger partial charge in [0.25, 0.3) is 0 Å². The van der Waals surface area contributed by atoms with Crippen LogP contribution in [0.25, 0.3) is 0 Å². The number of para-hydroxylation sites is 1. The SMILES string of the molecule is CCc1cccc(CC)c1NC(=O)C(=O)N(CCO)CCO. The van der Waals surface area contributed by atoms with Gasteiger partial charge in [0, 0.05) is 18.8 Å². The predicted octanol–water partition coefficient (Wildman–Crippen LogP) is 0.563. The zero-order valence-electron chi connectivity index (χ0n) is 13.1. The summed E-state index contributed by atoms with van der Waals surface area (Å²) in [5, 5.41) is 20.6. The molecule has 0 heterocycles. The summed E-state index contributed by atoms with van der Waals surface area (Å²) in [6.45, 7) is 3.48. The van der Waals surface area contributed by atoms with Crippen LogP contribution in [0.5, 0.6) is 0 Å². The Morgan fingerprint density at radius 2 is 1.55 bits per heavy atom. The number of aliphatic hydroxyl groups is 2. The third-order valence-corrected chi connectivity index (χ3v) is 3.46. The molecule has 0 unspecified atom stereocenters. The quantitative estimate of drug-likeness (QED) is 0.642. The van der Waals surface area contributed by atoms with Crippen molar-refractivity contribution in [1.82, 2.24) is 4.90 Å². The summed E-state index contributed by atoms with van der Waals surface area (Å²) in [5.41, 5.74) is 2.62. The molecule has 6 nitrogen and oxygen atoms in total. The van der Waals surface area contributed by atoms with Crippen molar-refractivity contribution in [2.45, 2.75) is 26.7 Å². The second-order valence-corrected chi connectivity index (χ2v) is 4.85. The molecule has 6 heteroatoms. The molecule has 1 rings (SSSR count). The topological polar surface area (TPSA) is 89.9 Å². The standard InChI is InChI=1S/C16H24N2O4/c1-3-12-6-5-7-13(4-2)14(12)17-15(21)16(22)18(8-10-19)9-11-20/h5-7,19-20H,3-4,8-11H2,1-2H3,(H,17,21). The molecule has 0 saturated carbocycles. The van der Waals surface area contributed by atoms with Crippen LogP contribution < -0.4 is 5.32 Å². The molecule has 0 spiro atoms. The van der Waals surface area contributed by atoms with Crippen LogP contribution in [0.1, 0.15) is 25.0 Å². The Labute approximate surface area is 130 Å². The lowest BCUT2D eigenvalue weighted by molar-refractivity contribution is -0.143. The molecule has 2 amide bonds. The van der Waals surface area contributed by atoms with Gasteiger partial charge in [-0.25, -0.2) is 0 Å². The Hall–Kier alpha value is -1.92. The maximum Gasteiger partial charge on any atom is 0.313 e. The molecule has 0 aromatic heterocycles. The number of carbonyl (C=O) groups is 2.